The lowest BCUT2D eigenvalue weighted by atomic mass is 9.81. The van der Waals surface area contributed by atoms with E-state index in [2.05, 4.69) is 5.32 Å². The standard InChI is InChI=1S/C25H32N2O4.ClH/c1-2-30-25(29)23(27-24(28)20-13-11-18(17-26)12-14-20)16-19-7-6-10-22(15-19)31-21-8-4-3-5-9-21;/h3-10,15,18,20,23H,2,11-14,16-17,26H2,1H3,(H,27,28);1H/t18-,20-,23?;. The van der Waals surface area contributed by atoms with Gasteiger partial charge in [-0.3, -0.25) is 4.79 Å². The van der Waals surface area contributed by atoms with Crippen LogP contribution in [0.4, 0.5) is 0 Å². The summed E-state index contributed by atoms with van der Waals surface area (Å²) in [7, 11) is 0. The fourth-order valence-electron chi connectivity index (χ4n) is 3.98. The molecule has 3 rings (SSSR count). The maximum Gasteiger partial charge on any atom is 0.328 e. The number of carbonyl (C=O) groups is 2. The van der Waals surface area contributed by atoms with Crippen LogP contribution >= 0.6 is 12.4 Å². The Morgan fingerprint density at radius 3 is 2.38 bits per heavy atom. The summed E-state index contributed by atoms with van der Waals surface area (Å²) in [6.45, 7) is 2.70. The number of ether oxygens (including phenoxy) is 2. The predicted molar refractivity (Wildman–Crippen MR) is 127 cm³/mol. The maximum atomic E-state index is 12.8. The Balaban J connectivity index is 0.00000363. The average molecular weight is 461 g/mol. The van der Waals surface area contributed by atoms with Crippen molar-refractivity contribution in [1.29, 1.82) is 0 Å². The number of esters is 1. The third-order valence-electron chi connectivity index (χ3n) is 5.76. The van der Waals surface area contributed by atoms with Crippen LogP contribution in [-0.2, 0) is 20.7 Å². The third-order valence-corrected chi connectivity index (χ3v) is 5.76. The topological polar surface area (TPSA) is 90.6 Å². The molecule has 32 heavy (non-hydrogen) atoms. The Kier molecular flexibility index (Phi) is 10.5. The van der Waals surface area contributed by atoms with E-state index in [1.54, 1.807) is 6.92 Å². The van der Waals surface area contributed by atoms with Crippen LogP contribution in [0.15, 0.2) is 54.6 Å². The zero-order valence-electron chi connectivity index (χ0n) is 18.5. The number of hydrogen-bond acceptors (Lipinski definition) is 5. The van der Waals surface area contributed by atoms with Gasteiger partial charge in [-0.15, -0.1) is 12.4 Å². The second-order valence-electron chi connectivity index (χ2n) is 8.03. The van der Waals surface area contributed by atoms with Gasteiger partial charge in [0, 0.05) is 12.3 Å². The molecule has 0 spiro atoms. The maximum absolute atomic E-state index is 12.8. The summed E-state index contributed by atoms with van der Waals surface area (Å²) in [6, 6.07) is 16.3. The number of amides is 1. The van der Waals surface area contributed by atoms with Crippen LogP contribution in [0.3, 0.4) is 0 Å². The predicted octanol–water partition coefficient (Wildman–Crippen LogP) is 4.26. The van der Waals surface area contributed by atoms with Crippen molar-refractivity contribution >= 4 is 24.3 Å². The molecule has 1 saturated carbocycles. The van der Waals surface area contributed by atoms with Crippen molar-refractivity contribution in [2.24, 2.45) is 17.6 Å². The summed E-state index contributed by atoms with van der Waals surface area (Å²) in [6.07, 6.45) is 3.87. The van der Waals surface area contributed by atoms with Crippen LogP contribution in [0, 0.1) is 11.8 Å². The highest BCUT2D eigenvalue weighted by atomic mass is 35.5. The Morgan fingerprint density at radius 1 is 1.03 bits per heavy atom. The fourth-order valence-corrected chi connectivity index (χ4v) is 3.98. The lowest BCUT2D eigenvalue weighted by Gasteiger charge is -2.28. The van der Waals surface area contributed by atoms with Crippen molar-refractivity contribution in [1.82, 2.24) is 5.32 Å². The van der Waals surface area contributed by atoms with Gasteiger partial charge in [0.25, 0.3) is 0 Å². The summed E-state index contributed by atoms with van der Waals surface area (Å²) in [5.41, 5.74) is 6.64. The van der Waals surface area contributed by atoms with E-state index in [4.69, 9.17) is 15.2 Å². The highest BCUT2D eigenvalue weighted by molar-refractivity contribution is 5.86. The molecule has 1 atom stereocenters. The Bertz CT molecular complexity index is 854. The molecule has 3 N–H and O–H groups in total. The second-order valence-corrected chi connectivity index (χ2v) is 8.03. The lowest BCUT2D eigenvalue weighted by Crippen LogP contribution is -2.46. The van der Waals surface area contributed by atoms with Crippen LogP contribution in [-0.4, -0.2) is 31.1 Å². The molecule has 2 aromatic rings. The highest BCUT2D eigenvalue weighted by Gasteiger charge is 2.29. The van der Waals surface area contributed by atoms with E-state index in [0.717, 1.165) is 37.0 Å². The zero-order chi connectivity index (χ0) is 22.1. The monoisotopic (exact) mass is 460 g/mol. The minimum Gasteiger partial charge on any atom is -0.464 e. The molecular formula is C25H33ClN2O4. The normalized spacial score (nSPS) is 18.7. The van der Waals surface area contributed by atoms with Crippen LogP contribution in [0.2, 0.25) is 0 Å². The second kappa shape index (κ2) is 13.1. The zero-order valence-corrected chi connectivity index (χ0v) is 19.3. The number of carbonyl (C=O) groups excluding carboxylic acids is 2. The van der Waals surface area contributed by atoms with Crippen LogP contribution in [0.25, 0.3) is 0 Å². The van der Waals surface area contributed by atoms with Gasteiger partial charge in [0.2, 0.25) is 5.91 Å². The van der Waals surface area contributed by atoms with Crippen LogP contribution < -0.4 is 15.8 Å². The largest absolute Gasteiger partial charge is 0.464 e. The molecule has 6 nitrogen and oxygen atoms in total. The molecule has 1 unspecified atom stereocenters. The van der Waals surface area contributed by atoms with Gasteiger partial charge in [-0.2, -0.15) is 0 Å². The van der Waals surface area contributed by atoms with E-state index < -0.39 is 12.0 Å². The van der Waals surface area contributed by atoms with Crippen molar-refractivity contribution in [3.63, 3.8) is 0 Å². The van der Waals surface area contributed by atoms with E-state index in [1.165, 1.54) is 0 Å². The van der Waals surface area contributed by atoms with Crippen molar-refractivity contribution in [3.8, 4) is 11.5 Å². The molecular weight excluding hydrogens is 428 g/mol. The van der Waals surface area contributed by atoms with E-state index in [0.29, 0.717) is 24.6 Å². The first-order chi connectivity index (χ1) is 15.1. The van der Waals surface area contributed by atoms with Crippen LogP contribution in [0.5, 0.6) is 11.5 Å². The minimum absolute atomic E-state index is 0. The summed E-state index contributed by atoms with van der Waals surface area (Å²) in [5, 5.41) is 2.94. The summed E-state index contributed by atoms with van der Waals surface area (Å²) in [5.74, 6) is 1.34. The average Bonchev–Trinajstić information content (AvgIpc) is 2.80. The third kappa shape index (κ3) is 7.53. The van der Waals surface area contributed by atoms with Gasteiger partial charge in [0.05, 0.1) is 6.61 Å². The van der Waals surface area contributed by atoms with Crippen molar-refractivity contribution in [2.45, 2.75) is 45.1 Å². The summed E-state index contributed by atoms with van der Waals surface area (Å²) >= 11 is 0. The molecule has 2 aromatic carbocycles. The summed E-state index contributed by atoms with van der Waals surface area (Å²) in [4.78, 5) is 25.4. The van der Waals surface area contributed by atoms with Gasteiger partial charge in [0.15, 0.2) is 0 Å². The SMILES string of the molecule is CCOC(=O)C(Cc1cccc(Oc2ccccc2)c1)NC(=O)[C@H]1CC[C@H](CN)CC1.Cl. The molecule has 1 fully saturated rings. The molecule has 174 valence electrons. The van der Waals surface area contributed by atoms with E-state index >= 15 is 0 Å². The molecule has 0 aromatic heterocycles. The molecule has 0 saturated heterocycles. The number of rotatable bonds is 9. The molecule has 1 amide bonds. The Labute approximate surface area is 196 Å². The first kappa shape index (κ1) is 25.7. The van der Waals surface area contributed by atoms with Crippen molar-refractivity contribution < 1.29 is 19.1 Å². The molecule has 1 aliphatic carbocycles. The van der Waals surface area contributed by atoms with Gasteiger partial charge >= 0.3 is 5.97 Å². The number of benzene rings is 2. The number of nitrogens with two attached hydrogens (primary N) is 1. The number of para-hydroxylation sites is 1. The van der Waals surface area contributed by atoms with E-state index in [1.807, 2.05) is 54.6 Å². The number of hydrogen-bond donors (Lipinski definition) is 2. The molecule has 0 aliphatic heterocycles. The first-order valence-electron chi connectivity index (χ1n) is 11.1. The number of nitrogens with one attached hydrogen (secondary N) is 1. The van der Waals surface area contributed by atoms with Gasteiger partial charge < -0.3 is 20.5 Å². The smallest absolute Gasteiger partial charge is 0.328 e. The Morgan fingerprint density at radius 2 is 1.72 bits per heavy atom. The molecule has 0 heterocycles. The van der Waals surface area contributed by atoms with Crippen molar-refractivity contribution in [2.75, 3.05) is 13.2 Å². The lowest BCUT2D eigenvalue weighted by molar-refractivity contribution is -0.148. The van der Waals surface area contributed by atoms with Crippen LogP contribution in [0.1, 0.15) is 38.2 Å². The first-order valence-corrected chi connectivity index (χ1v) is 11.1. The van der Waals surface area contributed by atoms with Gasteiger partial charge in [-0.1, -0.05) is 30.3 Å². The van der Waals surface area contributed by atoms with Crippen molar-refractivity contribution in [3.05, 3.63) is 60.2 Å². The molecule has 7 heteroatoms. The highest BCUT2D eigenvalue weighted by Crippen LogP contribution is 2.28. The molecule has 0 radical (unpaired) electrons. The fraction of sp³-hybridized carbons (Fsp3) is 0.440. The Hall–Kier alpha value is -2.57. The number of halogens is 1. The van der Waals surface area contributed by atoms with Gasteiger partial charge in [-0.05, 0) is 74.9 Å². The minimum atomic E-state index is -0.730. The van der Waals surface area contributed by atoms with E-state index in [-0.39, 0.29) is 30.8 Å². The molecule has 1 aliphatic rings. The van der Waals surface area contributed by atoms with Gasteiger partial charge in [0.1, 0.15) is 17.5 Å². The quantitative estimate of drug-likeness (QED) is 0.546. The van der Waals surface area contributed by atoms with E-state index in [9.17, 15) is 9.59 Å². The summed E-state index contributed by atoms with van der Waals surface area (Å²) < 4.78 is 11.1. The molecule has 0 bridgehead atoms. The van der Waals surface area contributed by atoms with Gasteiger partial charge in [-0.25, -0.2) is 4.79 Å².